The Bertz CT molecular complexity index is 481. The Morgan fingerprint density at radius 2 is 1.95 bits per heavy atom. The summed E-state index contributed by atoms with van der Waals surface area (Å²) < 4.78 is 26.3. The van der Waals surface area contributed by atoms with Gasteiger partial charge in [0.15, 0.2) is 0 Å². The van der Waals surface area contributed by atoms with Gasteiger partial charge in [0.25, 0.3) is 0 Å². The van der Waals surface area contributed by atoms with Crippen LogP contribution in [0.15, 0.2) is 24.3 Å². The molecule has 0 unspecified atom stereocenters. The first kappa shape index (κ1) is 14.8. The summed E-state index contributed by atoms with van der Waals surface area (Å²) in [7, 11) is 0. The molecular weight excluding hydrogens is 262 g/mol. The maximum Gasteiger partial charge on any atom is 0.248 e. The summed E-state index contributed by atoms with van der Waals surface area (Å²) in [4.78, 5) is 14.1. The van der Waals surface area contributed by atoms with Gasteiger partial charge in [0, 0.05) is 25.3 Å². The average Bonchev–Trinajstić information content (AvgIpc) is 2.41. The van der Waals surface area contributed by atoms with Crippen LogP contribution < -0.4 is 10.6 Å². The van der Waals surface area contributed by atoms with Gasteiger partial charge in [-0.3, -0.25) is 4.79 Å². The lowest BCUT2D eigenvalue weighted by molar-refractivity contribution is -0.126. The molecule has 2 rings (SSSR count). The normalized spacial score (nSPS) is 18.8. The fraction of sp³-hybridized carbons (Fsp3) is 0.533. The predicted octanol–water partition coefficient (Wildman–Crippen LogP) is 3.45. The zero-order chi connectivity index (χ0) is 14.8. The van der Waals surface area contributed by atoms with Crippen molar-refractivity contribution in [2.75, 3.05) is 17.2 Å². The highest BCUT2D eigenvalue weighted by atomic mass is 19.3. The molecule has 0 aliphatic heterocycles. The maximum absolute atomic E-state index is 13.2. The molecule has 0 radical (unpaired) electrons. The molecule has 5 heteroatoms. The molecule has 0 spiro atoms. The zero-order valence-electron chi connectivity index (χ0n) is 11.6. The quantitative estimate of drug-likeness (QED) is 0.863. The zero-order valence-corrected chi connectivity index (χ0v) is 11.6. The van der Waals surface area contributed by atoms with Crippen LogP contribution in [0.5, 0.6) is 0 Å². The molecule has 1 aliphatic carbocycles. The van der Waals surface area contributed by atoms with E-state index in [1.807, 2.05) is 13.0 Å². The number of carbonyl (C=O) groups excluding carboxylic acids is 1. The maximum atomic E-state index is 13.2. The van der Waals surface area contributed by atoms with Crippen molar-refractivity contribution >= 4 is 17.3 Å². The summed E-state index contributed by atoms with van der Waals surface area (Å²) in [6, 6.07) is 7.14. The van der Waals surface area contributed by atoms with Crippen LogP contribution in [0.3, 0.4) is 0 Å². The van der Waals surface area contributed by atoms with E-state index in [9.17, 15) is 13.6 Å². The molecule has 0 atom stereocenters. The molecule has 1 aromatic rings. The third-order valence-corrected chi connectivity index (χ3v) is 3.88. The van der Waals surface area contributed by atoms with E-state index in [1.54, 1.807) is 23.1 Å². The number of nitrogen functional groups attached to an aromatic ring is 1. The number of alkyl halides is 2. The molecule has 2 N–H and O–H groups in total. The number of amides is 1. The predicted molar refractivity (Wildman–Crippen MR) is 75.8 cm³/mol. The Labute approximate surface area is 117 Å². The molecule has 0 bridgehead atoms. The Kier molecular flexibility index (Phi) is 4.26. The number of rotatable bonds is 3. The minimum atomic E-state index is -2.61. The molecule has 1 aromatic carbocycles. The first-order valence-electron chi connectivity index (χ1n) is 6.98. The van der Waals surface area contributed by atoms with Gasteiger partial charge in [-0.05, 0) is 31.9 Å². The number of nitrogens with zero attached hydrogens (tertiary/aromatic N) is 1. The second-order valence-corrected chi connectivity index (χ2v) is 5.27. The monoisotopic (exact) mass is 282 g/mol. The molecule has 110 valence electrons. The molecule has 3 nitrogen and oxygen atoms in total. The van der Waals surface area contributed by atoms with E-state index in [2.05, 4.69) is 0 Å². The van der Waals surface area contributed by atoms with Crippen molar-refractivity contribution in [2.24, 2.45) is 5.92 Å². The molecule has 0 heterocycles. The van der Waals surface area contributed by atoms with Gasteiger partial charge in [-0.15, -0.1) is 0 Å². The summed E-state index contributed by atoms with van der Waals surface area (Å²) in [5, 5.41) is 0. The fourth-order valence-corrected chi connectivity index (χ4v) is 2.69. The van der Waals surface area contributed by atoms with Gasteiger partial charge in [0.05, 0.1) is 11.4 Å². The van der Waals surface area contributed by atoms with Crippen LogP contribution in [0.1, 0.15) is 32.6 Å². The topological polar surface area (TPSA) is 46.3 Å². The van der Waals surface area contributed by atoms with Crippen LogP contribution in [0.4, 0.5) is 20.2 Å². The van der Waals surface area contributed by atoms with Crippen molar-refractivity contribution in [2.45, 2.75) is 38.5 Å². The van der Waals surface area contributed by atoms with Crippen LogP contribution in [-0.4, -0.2) is 18.4 Å². The number of nitrogens with two attached hydrogens (primary N) is 1. The average molecular weight is 282 g/mol. The van der Waals surface area contributed by atoms with Gasteiger partial charge in [-0.25, -0.2) is 8.78 Å². The van der Waals surface area contributed by atoms with E-state index in [4.69, 9.17) is 5.73 Å². The third-order valence-electron chi connectivity index (χ3n) is 3.88. The standard InChI is InChI=1S/C15H20F2N2O/c1-2-19(13-6-4-3-5-12(13)18)14(20)11-7-9-15(16,17)10-8-11/h3-6,11H,2,7-10,18H2,1H3. The highest BCUT2D eigenvalue weighted by molar-refractivity contribution is 5.97. The van der Waals surface area contributed by atoms with Gasteiger partial charge in [0.1, 0.15) is 0 Å². The smallest absolute Gasteiger partial charge is 0.248 e. The lowest BCUT2D eigenvalue weighted by atomic mass is 9.85. The van der Waals surface area contributed by atoms with E-state index in [0.717, 1.165) is 0 Å². The van der Waals surface area contributed by atoms with Gasteiger partial charge in [-0.2, -0.15) is 0 Å². The van der Waals surface area contributed by atoms with Gasteiger partial charge >= 0.3 is 0 Å². The number of hydrogen-bond donors (Lipinski definition) is 1. The minimum Gasteiger partial charge on any atom is -0.397 e. The van der Waals surface area contributed by atoms with Crippen molar-refractivity contribution in [3.05, 3.63) is 24.3 Å². The van der Waals surface area contributed by atoms with Crippen LogP contribution in [-0.2, 0) is 4.79 Å². The summed E-state index contributed by atoms with van der Waals surface area (Å²) >= 11 is 0. The third kappa shape index (κ3) is 3.08. The Morgan fingerprint density at radius 3 is 2.50 bits per heavy atom. The largest absolute Gasteiger partial charge is 0.397 e. The Hall–Kier alpha value is -1.65. The van der Waals surface area contributed by atoms with E-state index in [-0.39, 0.29) is 37.5 Å². The van der Waals surface area contributed by atoms with Gasteiger partial charge in [-0.1, -0.05) is 12.1 Å². The van der Waals surface area contributed by atoms with Crippen molar-refractivity contribution in [1.82, 2.24) is 0 Å². The number of carbonyl (C=O) groups is 1. The molecule has 20 heavy (non-hydrogen) atoms. The molecule has 1 aliphatic rings. The number of anilines is 2. The molecular formula is C15H20F2N2O. The van der Waals surface area contributed by atoms with Crippen LogP contribution in [0.2, 0.25) is 0 Å². The molecule has 0 aromatic heterocycles. The minimum absolute atomic E-state index is 0.0964. The van der Waals surface area contributed by atoms with Crippen LogP contribution in [0, 0.1) is 5.92 Å². The first-order chi connectivity index (χ1) is 9.44. The fourth-order valence-electron chi connectivity index (χ4n) is 2.69. The second kappa shape index (κ2) is 5.77. The molecule has 1 amide bonds. The van der Waals surface area contributed by atoms with Crippen molar-refractivity contribution < 1.29 is 13.6 Å². The molecule has 1 fully saturated rings. The summed E-state index contributed by atoms with van der Waals surface area (Å²) in [6.45, 7) is 2.35. The first-order valence-corrected chi connectivity index (χ1v) is 6.98. The number of hydrogen-bond acceptors (Lipinski definition) is 2. The van der Waals surface area contributed by atoms with Crippen molar-refractivity contribution in [3.8, 4) is 0 Å². The summed E-state index contributed by atoms with van der Waals surface area (Å²) in [6.07, 6.45) is 0.0839. The summed E-state index contributed by atoms with van der Waals surface area (Å²) in [5.74, 6) is -3.03. The van der Waals surface area contributed by atoms with E-state index in [1.165, 1.54) is 0 Å². The highest BCUT2D eigenvalue weighted by Crippen LogP contribution is 2.37. The Morgan fingerprint density at radius 1 is 1.35 bits per heavy atom. The van der Waals surface area contributed by atoms with E-state index >= 15 is 0 Å². The number of halogens is 2. The summed E-state index contributed by atoms with van der Waals surface area (Å²) in [5.41, 5.74) is 7.09. The molecule has 0 saturated heterocycles. The SMILES string of the molecule is CCN(C(=O)C1CCC(F)(F)CC1)c1ccccc1N. The van der Waals surface area contributed by atoms with Crippen molar-refractivity contribution in [1.29, 1.82) is 0 Å². The number of benzene rings is 1. The van der Waals surface area contributed by atoms with Gasteiger partial charge in [0.2, 0.25) is 11.8 Å². The molecule has 1 saturated carbocycles. The lowest BCUT2D eigenvalue weighted by Crippen LogP contribution is -2.39. The van der Waals surface area contributed by atoms with Crippen LogP contribution >= 0.6 is 0 Å². The van der Waals surface area contributed by atoms with Gasteiger partial charge < -0.3 is 10.6 Å². The van der Waals surface area contributed by atoms with E-state index in [0.29, 0.717) is 17.9 Å². The van der Waals surface area contributed by atoms with Crippen molar-refractivity contribution in [3.63, 3.8) is 0 Å². The highest BCUT2D eigenvalue weighted by Gasteiger charge is 2.38. The van der Waals surface area contributed by atoms with E-state index < -0.39 is 5.92 Å². The number of para-hydroxylation sites is 2. The second-order valence-electron chi connectivity index (χ2n) is 5.27. The Balaban J connectivity index is 2.13. The lowest BCUT2D eigenvalue weighted by Gasteiger charge is -2.32. The van der Waals surface area contributed by atoms with Crippen LogP contribution in [0.25, 0.3) is 0 Å².